The van der Waals surface area contributed by atoms with Gasteiger partial charge in [0.05, 0.1) is 27.7 Å². The van der Waals surface area contributed by atoms with Gasteiger partial charge in [0.15, 0.2) is 11.5 Å². The summed E-state index contributed by atoms with van der Waals surface area (Å²) in [5, 5.41) is 4.48. The Labute approximate surface area is 192 Å². The number of imide groups is 1. The zero-order chi connectivity index (χ0) is 21.5. The maximum absolute atomic E-state index is 12.5. The molecule has 0 spiro atoms. The number of nitrogens with one attached hydrogen (secondary N) is 1. The predicted molar refractivity (Wildman–Crippen MR) is 124 cm³/mol. The van der Waals surface area contributed by atoms with Gasteiger partial charge in [-0.3, -0.25) is 19.5 Å². The number of carbonyl (C=O) groups excluding carboxylic acids is 2. The molecule has 3 heterocycles. The van der Waals surface area contributed by atoms with E-state index in [1.54, 1.807) is 30.5 Å². The summed E-state index contributed by atoms with van der Waals surface area (Å²) in [4.78, 5) is 30.9. The van der Waals surface area contributed by atoms with Crippen LogP contribution in [0.5, 0.6) is 11.5 Å². The molecule has 3 aromatic rings. The number of aromatic nitrogens is 1. The Balaban J connectivity index is 0.00000245. The van der Waals surface area contributed by atoms with E-state index >= 15 is 0 Å². The summed E-state index contributed by atoms with van der Waals surface area (Å²) >= 11 is 0. The number of pyridine rings is 1. The van der Waals surface area contributed by atoms with Crippen LogP contribution >= 0.6 is 12.4 Å². The van der Waals surface area contributed by atoms with Crippen molar-refractivity contribution in [2.45, 2.75) is 32.7 Å². The number of carbonyl (C=O) groups is 2. The molecule has 1 atom stereocenters. The van der Waals surface area contributed by atoms with Gasteiger partial charge in [0, 0.05) is 24.8 Å². The average Bonchev–Trinajstić information content (AvgIpc) is 3.32. The van der Waals surface area contributed by atoms with Gasteiger partial charge in [-0.1, -0.05) is 12.1 Å². The van der Waals surface area contributed by atoms with Crippen molar-refractivity contribution in [3.8, 4) is 11.5 Å². The predicted octanol–water partition coefficient (Wildman–Crippen LogP) is 4.57. The second kappa shape index (κ2) is 8.67. The first-order valence-electron chi connectivity index (χ1n) is 10.4. The summed E-state index contributed by atoms with van der Waals surface area (Å²) < 4.78 is 11.3. The molecule has 0 aliphatic carbocycles. The van der Waals surface area contributed by atoms with Crippen LogP contribution in [0.15, 0.2) is 42.6 Å². The highest BCUT2D eigenvalue weighted by Crippen LogP contribution is 2.43. The van der Waals surface area contributed by atoms with Crippen LogP contribution in [0.4, 0.5) is 5.69 Å². The summed E-state index contributed by atoms with van der Waals surface area (Å²) in [6.45, 7) is 4.71. The molecule has 166 valence electrons. The summed E-state index contributed by atoms with van der Waals surface area (Å²) in [7, 11) is 0. The van der Waals surface area contributed by atoms with Gasteiger partial charge >= 0.3 is 0 Å². The Morgan fingerprint density at radius 1 is 1.12 bits per heavy atom. The molecule has 7 nitrogen and oxygen atoms in total. The molecule has 0 saturated carbocycles. The van der Waals surface area contributed by atoms with E-state index in [-0.39, 0.29) is 37.1 Å². The summed E-state index contributed by atoms with van der Waals surface area (Å²) in [6, 6.07) is 11.0. The van der Waals surface area contributed by atoms with Crippen LogP contribution < -0.4 is 14.8 Å². The van der Waals surface area contributed by atoms with E-state index in [1.165, 1.54) is 4.90 Å². The van der Waals surface area contributed by atoms with Crippen molar-refractivity contribution in [3.05, 3.63) is 59.3 Å². The first kappa shape index (κ1) is 21.9. The van der Waals surface area contributed by atoms with Crippen molar-refractivity contribution < 1.29 is 19.1 Å². The molecule has 32 heavy (non-hydrogen) atoms. The van der Waals surface area contributed by atoms with Crippen molar-refractivity contribution in [3.63, 3.8) is 0 Å². The maximum Gasteiger partial charge on any atom is 0.261 e. The lowest BCUT2D eigenvalue weighted by Gasteiger charge is -2.19. The minimum atomic E-state index is -0.206. The van der Waals surface area contributed by atoms with E-state index in [0.29, 0.717) is 29.8 Å². The highest BCUT2D eigenvalue weighted by molar-refractivity contribution is 6.21. The molecule has 2 amide bonds. The minimum absolute atomic E-state index is 0. The molecule has 0 fully saturated rings. The van der Waals surface area contributed by atoms with Gasteiger partial charge in [0.2, 0.25) is 6.79 Å². The first-order valence-corrected chi connectivity index (χ1v) is 10.4. The standard InChI is InChI=1S/C24H23N3O4.ClH/c1-14-9-10-25-21-18(12-19-22(20(14)21)31-13-30-19)26-15(2)6-5-11-27-23(28)16-7-3-4-8-17(16)24(27)29;/h3-4,7-10,12,15,26H,5-6,11,13H2,1-2H3;1H. The number of aryl methyl sites for hydroxylation is 1. The average molecular weight is 454 g/mol. The van der Waals surface area contributed by atoms with E-state index in [1.807, 2.05) is 19.1 Å². The van der Waals surface area contributed by atoms with Crippen molar-refractivity contribution in [2.24, 2.45) is 0 Å². The zero-order valence-electron chi connectivity index (χ0n) is 17.9. The third kappa shape index (κ3) is 3.62. The molecule has 2 aliphatic rings. The minimum Gasteiger partial charge on any atom is -0.453 e. The van der Waals surface area contributed by atoms with Crippen LogP contribution in [0.25, 0.3) is 10.9 Å². The normalized spacial score (nSPS) is 15.0. The fourth-order valence-electron chi connectivity index (χ4n) is 4.29. The Morgan fingerprint density at radius 2 is 1.84 bits per heavy atom. The van der Waals surface area contributed by atoms with Gasteiger partial charge in [-0.2, -0.15) is 0 Å². The van der Waals surface area contributed by atoms with Gasteiger partial charge < -0.3 is 14.8 Å². The molecular weight excluding hydrogens is 430 g/mol. The smallest absolute Gasteiger partial charge is 0.261 e. The molecule has 0 saturated heterocycles. The maximum atomic E-state index is 12.5. The number of anilines is 1. The largest absolute Gasteiger partial charge is 0.453 e. The highest BCUT2D eigenvalue weighted by Gasteiger charge is 2.34. The number of fused-ring (bicyclic) bond motifs is 4. The van der Waals surface area contributed by atoms with Crippen LogP contribution in [0, 0.1) is 6.92 Å². The van der Waals surface area contributed by atoms with Gasteiger partial charge in [-0.25, -0.2) is 0 Å². The lowest BCUT2D eigenvalue weighted by atomic mass is 10.1. The number of nitrogens with zero attached hydrogens (tertiary/aromatic N) is 2. The van der Waals surface area contributed by atoms with Crippen molar-refractivity contribution in [2.75, 3.05) is 18.7 Å². The SMILES string of the molecule is Cc1ccnc2c(NC(C)CCCN3C(=O)c4ccccc4C3=O)cc3c(c12)OCO3.Cl. The molecule has 0 bridgehead atoms. The Hall–Kier alpha value is -3.32. The summed E-state index contributed by atoms with van der Waals surface area (Å²) in [6.07, 6.45) is 3.28. The third-order valence-corrected chi connectivity index (χ3v) is 5.86. The fraction of sp³-hybridized carbons (Fsp3) is 0.292. The Morgan fingerprint density at radius 3 is 2.56 bits per heavy atom. The van der Waals surface area contributed by atoms with E-state index in [0.717, 1.165) is 34.3 Å². The number of benzene rings is 2. The van der Waals surface area contributed by atoms with Gasteiger partial charge in [-0.05, 0) is 50.5 Å². The van der Waals surface area contributed by atoms with Crippen LogP contribution in [-0.2, 0) is 0 Å². The molecule has 5 rings (SSSR count). The molecule has 1 unspecified atom stereocenters. The molecule has 1 aromatic heterocycles. The molecule has 2 aromatic carbocycles. The van der Waals surface area contributed by atoms with Crippen LogP contribution in [-0.4, -0.2) is 41.1 Å². The zero-order valence-corrected chi connectivity index (χ0v) is 18.7. The van der Waals surface area contributed by atoms with Crippen molar-refractivity contribution >= 4 is 40.8 Å². The fourth-order valence-corrected chi connectivity index (χ4v) is 4.29. The molecular formula is C24H24ClN3O4. The van der Waals surface area contributed by atoms with Gasteiger partial charge in [0.25, 0.3) is 11.8 Å². The second-order valence-corrected chi connectivity index (χ2v) is 8.00. The topological polar surface area (TPSA) is 80.8 Å². The highest BCUT2D eigenvalue weighted by atomic mass is 35.5. The number of halogens is 1. The summed E-state index contributed by atoms with van der Waals surface area (Å²) in [5.41, 5.74) is 3.79. The first-order chi connectivity index (χ1) is 15.0. The van der Waals surface area contributed by atoms with Gasteiger partial charge in [-0.15, -0.1) is 12.4 Å². The van der Waals surface area contributed by atoms with E-state index in [9.17, 15) is 9.59 Å². The lowest BCUT2D eigenvalue weighted by Crippen LogP contribution is -2.31. The second-order valence-electron chi connectivity index (χ2n) is 8.00. The van der Waals surface area contributed by atoms with Crippen molar-refractivity contribution in [1.82, 2.24) is 9.88 Å². The lowest BCUT2D eigenvalue weighted by molar-refractivity contribution is 0.0651. The Kier molecular flexibility index (Phi) is 5.93. The monoisotopic (exact) mass is 453 g/mol. The number of hydrogen-bond acceptors (Lipinski definition) is 6. The number of rotatable bonds is 6. The molecule has 1 N–H and O–H groups in total. The summed E-state index contributed by atoms with van der Waals surface area (Å²) in [5.74, 6) is 1.04. The van der Waals surface area contributed by atoms with E-state index in [2.05, 4.69) is 17.2 Å². The number of amides is 2. The quantitative estimate of drug-likeness (QED) is 0.550. The number of hydrogen-bond donors (Lipinski definition) is 1. The van der Waals surface area contributed by atoms with Gasteiger partial charge in [0.1, 0.15) is 0 Å². The van der Waals surface area contributed by atoms with Crippen molar-refractivity contribution in [1.29, 1.82) is 0 Å². The molecule has 2 aliphatic heterocycles. The molecule has 0 radical (unpaired) electrons. The van der Waals surface area contributed by atoms with Crippen LogP contribution in [0.3, 0.4) is 0 Å². The Bertz CT molecular complexity index is 1180. The van der Waals surface area contributed by atoms with Crippen LogP contribution in [0.1, 0.15) is 46.0 Å². The van der Waals surface area contributed by atoms with E-state index < -0.39 is 0 Å². The third-order valence-electron chi connectivity index (χ3n) is 5.86. The van der Waals surface area contributed by atoms with E-state index in [4.69, 9.17) is 9.47 Å². The molecule has 8 heteroatoms. The number of ether oxygens (including phenoxy) is 2. The van der Waals surface area contributed by atoms with Crippen LogP contribution in [0.2, 0.25) is 0 Å².